The van der Waals surface area contributed by atoms with Crippen molar-refractivity contribution in [2.24, 2.45) is 0 Å². The van der Waals surface area contributed by atoms with Crippen LogP contribution >= 0.6 is 0 Å². The first-order valence-corrected chi connectivity index (χ1v) is 8.25. The summed E-state index contributed by atoms with van der Waals surface area (Å²) in [5.74, 6) is 1.95. The molecule has 0 unspecified atom stereocenters. The van der Waals surface area contributed by atoms with Crippen molar-refractivity contribution in [1.29, 1.82) is 0 Å². The number of phenols is 1. The van der Waals surface area contributed by atoms with E-state index >= 15 is 0 Å². The average molecular weight is 343 g/mol. The van der Waals surface area contributed by atoms with Crippen molar-refractivity contribution in [3.8, 4) is 23.0 Å². The minimum atomic E-state index is -0.0382. The van der Waals surface area contributed by atoms with Gasteiger partial charge in [-0.3, -0.25) is 4.79 Å². The molecule has 0 saturated heterocycles. The number of fused-ring (bicyclic) bond motifs is 1. The molecule has 6 heteroatoms. The molecule has 2 aromatic rings. The van der Waals surface area contributed by atoms with Crippen LogP contribution in [-0.4, -0.2) is 24.4 Å². The maximum absolute atomic E-state index is 12.1. The molecule has 25 heavy (non-hydrogen) atoms. The number of hydrogen-bond acceptors (Lipinski definition) is 5. The summed E-state index contributed by atoms with van der Waals surface area (Å²) in [7, 11) is 0. The van der Waals surface area contributed by atoms with Gasteiger partial charge in [-0.25, -0.2) is 0 Å². The van der Waals surface area contributed by atoms with E-state index in [1.165, 1.54) is 0 Å². The third-order valence-electron chi connectivity index (χ3n) is 3.89. The van der Waals surface area contributed by atoms with Crippen LogP contribution in [0.2, 0.25) is 0 Å². The Morgan fingerprint density at radius 1 is 1.16 bits per heavy atom. The predicted molar refractivity (Wildman–Crippen MR) is 92.0 cm³/mol. The van der Waals surface area contributed by atoms with Gasteiger partial charge < -0.3 is 24.6 Å². The molecule has 2 aromatic carbocycles. The highest BCUT2D eigenvalue weighted by Crippen LogP contribution is 2.32. The molecule has 1 amide bonds. The number of rotatable bonds is 7. The van der Waals surface area contributed by atoms with E-state index in [-0.39, 0.29) is 18.4 Å². The van der Waals surface area contributed by atoms with Crippen LogP contribution < -0.4 is 19.5 Å². The minimum Gasteiger partial charge on any atom is -0.504 e. The van der Waals surface area contributed by atoms with Crippen molar-refractivity contribution in [2.75, 3.05) is 13.4 Å². The number of phenolic OH excluding ortho intramolecular Hbond substituents is 1. The molecular weight excluding hydrogens is 322 g/mol. The Balaban J connectivity index is 1.49. The van der Waals surface area contributed by atoms with Gasteiger partial charge in [0.1, 0.15) is 0 Å². The number of carbonyl (C=O) groups is 1. The zero-order valence-corrected chi connectivity index (χ0v) is 14.1. The summed E-state index contributed by atoms with van der Waals surface area (Å²) in [6, 6.07) is 10.8. The van der Waals surface area contributed by atoms with Gasteiger partial charge in [0.05, 0.1) is 6.61 Å². The molecule has 1 heterocycles. The Labute approximate surface area is 146 Å². The van der Waals surface area contributed by atoms with E-state index < -0.39 is 0 Å². The topological polar surface area (TPSA) is 77.0 Å². The lowest BCUT2D eigenvalue weighted by atomic mass is 10.1. The number of amides is 1. The fraction of sp³-hybridized carbons (Fsp3) is 0.316. The molecule has 3 rings (SSSR count). The first-order chi connectivity index (χ1) is 12.2. The van der Waals surface area contributed by atoms with Crippen LogP contribution in [-0.2, 0) is 17.8 Å². The molecule has 0 bridgehead atoms. The van der Waals surface area contributed by atoms with Gasteiger partial charge in [-0.2, -0.15) is 0 Å². The summed E-state index contributed by atoms with van der Waals surface area (Å²) < 4.78 is 16.0. The van der Waals surface area contributed by atoms with E-state index in [9.17, 15) is 9.90 Å². The average Bonchev–Trinajstić information content (AvgIpc) is 3.08. The monoisotopic (exact) mass is 343 g/mol. The van der Waals surface area contributed by atoms with Gasteiger partial charge in [-0.05, 0) is 48.7 Å². The molecule has 0 aromatic heterocycles. The molecule has 6 nitrogen and oxygen atoms in total. The van der Waals surface area contributed by atoms with Crippen LogP contribution in [0.4, 0.5) is 0 Å². The van der Waals surface area contributed by atoms with Crippen LogP contribution in [0.5, 0.6) is 23.0 Å². The molecule has 1 aliphatic heterocycles. The Morgan fingerprint density at radius 3 is 2.80 bits per heavy atom. The van der Waals surface area contributed by atoms with E-state index in [1.807, 2.05) is 25.1 Å². The van der Waals surface area contributed by atoms with Gasteiger partial charge in [-0.1, -0.05) is 12.1 Å². The van der Waals surface area contributed by atoms with Crippen LogP contribution in [0, 0.1) is 0 Å². The highest BCUT2D eigenvalue weighted by atomic mass is 16.7. The number of hydrogen-bond donors (Lipinski definition) is 2. The fourth-order valence-corrected chi connectivity index (χ4v) is 2.58. The van der Waals surface area contributed by atoms with Gasteiger partial charge in [0.2, 0.25) is 12.7 Å². The normalized spacial score (nSPS) is 12.0. The van der Waals surface area contributed by atoms with Crippen molar-refractivity contribution < 1.29 is 24.1 Å². The van der Waals surface area contributed by atoms with Crippen molar-refractivity contribution in [3.05, 3.63) is 47.5 Å². The molecule has 132 valence electrons. The van der Waals surface area contributed by atoms with Gasteiger partial charge >= 0.3 is 0 Å². The van der Waals surface area contributed by atoms with E-state index in [0.29, 0.717) is 31.7 Å². The number of carbonyl (C=O) groups excluding carboxylic acids is 1. The summed E-state index contributed by atoms with van der Waals surface area (Å²) in [6.45, 7) is 2.96. The van der Waals surface area contributed by atoms with Gasteiger partial charge in [0.25, 0.3) is 0 Å². The van der Waals surface area contributed by atoms with Gasteiger partial charge in [0, 0.05) is 13.0 Å². The highest BCUT2D eigenvalue weighted by molar-refractivity contribution is 5.76. The lowest BCUT2D eigenvalue weighted by Gasteiger charge is -2.09. The van der Waals surface area contributed by atoms with E-state index in [0.717, 1.165) is 22.6 Å². The lowest BCUT2D eigenvalue weighted by molar-refractivity contribution is -0.121. The molecular formula is C19H21NO5. The Morgan fingerprint density at radius 2 is 1.96 bits per heavy atom. The first kappa shape index (κ1) is 17.0. The fourth-order valence-electron chi connectivity index (χ4n) is 2.58. The summed E-state index contributed by atoms with van der Waals surface area (Å²) in [5, 5.41) is 12.6. The number of aryl methyl sites for hydroxylation is 1. The third kappa shape index (κ3) is 4.35. The second kappa shape index (κ2) is 7.79. The quantitative estimate of drug-likeness (QED) is 0.808. The Hall–Kier alpha value is -2.89. The van der Waals surface area contributed by atoms with Gasteiger partial charge in [0.15, 0.2) is 23.0 Å². The number of aromatic hydroxyl groups is 1. The van der Waals surface area contributed by atoms with Crippen LogP contribution in [0.25, 0.3) is 0 Å². The standard InChI is InChI=1S/C19H21NO5/c1-2-23-17-10-14(3-6-15(17)21)11-20-19(22)8-5-13-4-7-16-18(9-13)25-12-24-16/h3-4,6-7,9-10,21H,2,5,8,11-12H2,1H3,(H,20,22). The highest BCUT2D eigenvalue weighted by Gasteiger charge is 2.13. The van der Waals surface area contributed by atoms with E-state index in [1.54, 1.807) is 18.2 Å². The molecule has 0 atom stereocenters. The second-order valence-corrected chi connectivity index (χ2v) is 5.70. The summed E-state index contributed by atoms with van der Waals surface area (Å²) in [4.78, 5) is 12.1. The summed E-state index contributed by atoms with van der Waals surface area (Å²) in [6.07, 6.45) is 1.01. The SMILES string of the molecule is CCOc1cc(CNC(=O)CCc2ccc3c(c2)OCO3)ccc1O. The predicted octanol–water partition coefficient (Wildman–Crippen LogP) is 2.77. The van der Waals surface area contributed by atoms with E-state index in [2.05, 4.69) is 5.32 Å². The molecule has 0 radical (unpaired) electrons. The Bertz CT molecular complexity index is 759. The van der Waals surface area contributed by atoms with Crippen molar-refractivity contribution in [3.63, 3.8) is 0 Å². The van der Waals surface area contributed by atoms with Crippen LogP contribution in [0.15, 0.2) is 36.4 Å². The first-order valence-electron chi connectivity index (χ1n) is 8.25. The molecule has 0 aliphatic carbocycles. The number of ether oxygens (including phenoxy) is 3. The zero-order valence-electron chi connectivity index (χ0n) is 14.1. The van der Waals surface area contributed by atoms with E-state index in [4.69, 9.17) is 14.2 Å². The summed E-state index contributed by atoms with van der Waals surface area (Å²) in [5.41, 5.74) is 1.90. The van der Waals surface area contributed by atoms with Crippen molar-refractivity contribution >= 4 is 5.91 Å². The van der Waals surface area contributed by atoms with Crippen LogP contribution in [0.1, 0.15) is 24.5 Å². The number of nitrogens with one attached hydrogen (secondary N) is 1. The largest absolute Gasteiger partial charge is 0.504 e. The smallest absolute Gasteiger partial charge is 0.231 e. The molecule has 0 fully saturated rings. The number of benzene rings is 2. The minimum absolute atomic E-state index is 0.0382. The maximum atomic E-state index is 12.1. The summed E-state index contributed by atoms with van der Waals surface area (Å²) >= 11 is 0. The molecule has 0 spiro atoms. The lowest BCUT2D eigenvalue weighted by Crippen LogP contribution is -2.23. The molecule has 2 N–H and O–H groups in total. The Kier molecular flexibility index (Phi) is 5.28. The van der Waals surface area contributed by atoms with Gasteiger partial charge in [-0.15, -0.1) is 0 Å². The van der Waals surface area contributed by atoms with Crippen LogP contribution in [0.3, 0.4) is 0 Å². The zero-order chi connectivity index (χ0) is 17.6. The molecule has 1 aliphatic rings. The van der Waals surface area contributed by atoms with Crippen molar-refractivity contribution in [1.82, 2.24) is 5.32 Å². The molecule has 0 saturated carbocycles. The third-order valence-corrected chi connectivity index (χ3v) is 3.89. The second-order valence-electron chi connectivity index (χ2n) is 5.70. The maximum Gasteiger partial charge on any atom is 0.231 e. The van der Waals surface area contributed by atoms with Crippen molar-refractivity contribution in [2.45, 2.75) is 26.3 Å².